The molecular weight excluding hydrogens is 474 g/mol. The second-order valence-corrected chi connectivity index (χ2v) is 9.38. The summed E-state index contributed by atoms with van der Waals surface area (Å²) in [5.74, 6) is -1.10. The molecule has 1 aliphatic heterocycles. The van der Waals surface area contributed by atoms with Crippen molar-refractivity contribution in [3.8, 4) is 16.9 Å². The number of nitrogens with one attached hydrogen (secondary N) is 1. The Labute approximate surface area is 218 Å². The van der Waals surface area contributed by atoms with Crippen molar-refractivity contribution in [1.82, 2.24) is 15.1 Å². The van der Waals surface area contributed by atoms with Gasteiger partial charge in [-0.05, 0) is 55.7 Å². The zero-order chi connectivity index (χ0) is 26.9. The Balaban J connectivity index is 1.54. The van der Waals surface area contributed by atoms with Gasteiger partial charge in [0.2, 0.25) is 5.91 Å². The van der Waals surface area contributed by atoms with E-state index >= 15 is 0 Å². The lowest BCUT2D eigenvalue weighted by molar-refractivity contribution is -0.135. The van der Waals surface area contributed by atoms with Crippen LogP contribution in [-0.4, -0.2) is 97.7 Å². The molecule has 0 aromatic heterocycles. The molecule has 0 bridgehead atoms. The fourth-order valence-corrected chi connectivity index (χ4v) is 4.58. The Morgan fingerprint density at radius 3 is 2.16 bits per heavy atom. The number of aliphatic hydroxyl groups is 1. The number of ether oxygens (including phenoxy) is 2. The quantitative estimate of drug-likeness (QED) is 0.351. The summed E-state index contributed by atoms with van der Waals surface area (Å²) in [6.45, 7) is 6.91. The lowest BCUT2D eigenvalue weighted by Gasteiger charge is -2.35. The SMILES string of the molecule is CNC(=O)C(C(=O)CO)N(C)C(=O)c1ccc(-c2ccc(OCCCN3CC(C)OC(C)C3)cc2)cc1. The van der Waals surface area contributed by atoms with Crippen molar-refractivity contribution in [2.45, 2.75) is 38.5 Å². The molecule has 9 heteroatoms. The summed E-state index contributed by atoms with van der Waals surface area (Å²) in [5, 5.41) is 11.5. The maximum absolute atomic E-state index is 12.9. The predicted octanol–water partition coefficient (Wildman–Crippen LogP) is 1.98. The molecule has 1 saturated heterocycles. The van der Waals surface area contributed by atoms with Crippen molar-refractivity contribution >= 4 is 17.6 Å². The van der Waals surface area contributed by atoms with Gasteiger partial charge in [0.05, 0.1) is 18.8 Å². The minimum atomic E-state index is -1.39. The van der Waals surface area contributed by atoms with Gasteiger partial charge in [-0.15, -0.1) is 0 Å². The molecule has 2 aromatic rings. The molecular formula is C28H37N3O6. The maximum Gasteiger partial charge on any atom is 0.254 e. The highest BCUT2D eigenvalue weighted by molar-refractivity contribution is 6.10. The monoisotopic (exact) mass is 511 g/mol. The second kappa shape index (κ2) is 13.3. The highest BCUT2D eigenvalue weighted by Gasteiger charge is 2.32. The van der Waals surface area contributed by atoms with E-state index in [-0.39, 0.29) is 12.2 Å². The average Bonchev–Trinajstić information content (AvgIpc) is 2.90. The number of ketones is 1. The molecule has 0 aliphatic carbocycles. The molecule has 0 radical (unpaired) electrons. The zero-order valence-electron chi connectivity index (χ0n) is 22.0. The summed E-state index contributed by atoms with van der Waals surface area (Å²) in [6, 6.07) is 13.3. The number of carbonyl (C=O) groups excluding carboxylic acids is 3. The Bertz CT molecular complexity index is 1030. The maximum atomic E-state index is 12.9. The summed E-state index contributed by atoms with van der Waals surface area (Å²) >= 11 is 0. The average molecular weight is 512 g/mol. The first-order chi connectivity index (χ1) is 17.7. The zero-order valence-corrected chi connectivity index (χ0v) is 22.0. The summed E-state index contributed by atoms with van der Waals surface area (Å²) in [6.07, 6.45) is 1.47. The van der Waals surface area contributed by atoms with E-state index in [0.29, 0.717) is 12.2 Å². The number of aliphatic hydroxyl groups excluding tert-OH is 1. The van der Waals surface area contributed by atoms with Crippen molar-refractivity contribution < 1.29 is 29.0 Å². The number of carbonyl (C=O) groups is 3. The third kappa shape index (κ3) is 7.61. The Kier molecular flexibility index (Phi) is 10.2. The van der Waals surface area contributed by atoms with Crippen molar-refractivity contribution in [3.05, 3.63) is 54.1 Å². The van der Waals surface area contributed by atoms with Gasteiger partial charge in [0.1, 0.15) is 12.4 Å². The normalized spacial score (nSPS) is 18.6. The Morgan fingerprint density at radius 1 is 1.05 bits per heavy atom. The number of amides is 2. The number of likely N-dealkylation sites (N-methyl/N-ethyl adjacent to an activating group) is 2. The smallest absolute Gasteiger partial charge is 0.254 e. The molecule has 2 amide bonds. The summed E-state index contributed by atoms with van der Waals surface area (Å²) < 4.78 is 11.7. The van der Waals surface area contributed by atoms with Crippen molar-refractivity contribution in [2.75, 3.05) is 46.9 Å². The molecule has 9 nitrogen and oxygen atoms in total. The lowest BCUT2D eigenvalue weighted by atomic mass is 10.0. The highest BCUT2D eigenvalue weighted by atomic mass is 16.5. The summed E-state index contributed by atoms with van der Waals surface area (Å²) in [4.78, 5) is 40.4. The van der Waals surface area contributed by atoms with Gasteiger partial charge in [-0.1, -0.05) is 24.3 Å². The minimum absolute atomic E-state index is 0.264. The number of rotatable bonds is 11. The van der Waals surface area contributed by atoms with Gasteiger partial charge < -0.3 is 24.8 Å². The number of Topliss-reactive ketones (excluding diaryl/α,β-unsaturated/α-hetero) is 1. The number of hydrogen-bond acceptors (Lipinski definition) is 7. The number of morpholine rings is 1. The predicted molar refractivity (Wildman–Crippen MR) is 140 cm³/mol. The fraction of sp³-hybridized carbons (Fsp3) is 0.464. The molecule has 2 aromatic carbocycles. The molecule has 3 unspecified atom stereocenters. The summed E-state index contributed by atoms with van der Waals surface area (Å²) in [7, 11) is 2.74. The molecule has 0 spiro atoms. The van der Waals surface area contributed by atoms with E-state index in [1.807, 2.05) is 36.4 Å². The molecule has 200 valence electrons. The largest absolute Gasteiger partial charge is 0.494 e. The van der Waals surface area contributed by atoms with E-state index in [9.17, 15) is 19.5 Å². The van der Waals surface area contributed by atoms with Crippen LogP contribution in [0.3, 0.4) is 0 Å². The van der Waals surface area contributed by atoms with E-state index in [0.717, 1.165) is 47.8 Å². The van der Waals surface area contributed by atoms with E-state index in [2.05, 4.69) is 24.1 Å². The van der Waals surface area contributed by atoms with E-state index in [1.54, 1.807) is 12.1 Å². The van der Waals surface area contributed by atoms with Crippen LogP contribution in [0.15, 0.2) is 48.5 Å². The second-order valence-electron chi connectivity index (χ2n) is 9.38. The molecule has 3 atom stereocenters. The van der Waals surface area contributed by atoms with Crippen LogP contribution in [0.2, 0.25) is 0 Å². The highest BCUT2D eigenvalue weighted by Crippen LogP contribution is 2.23. The number of nitrogens with zero attached hydrogens (tertiary/aromatic N) is 2. The van der Waals surface area contributed by atoms with Gasteiger partial charge in [0.15, 0.2) is 11.8 Å². The van der Waals surface area contributed by atoms with Gasteiger partial charge in [-0.3, -0.25) is 19.3 Å². The van der Waals surface area contributed by atoms with Gasteiger partial charge in [0.25, 0.3) is 5.91 Å². The molecule has 1 aliphatic rings. The topological polar surface area (TPSA) is 108 Å². The molecule has 37 heavy (non-hydrogen) atoms. The number of benzene rings is 2. The molecule has 2 N–H and O–H groups in total. The Morgan fingerprint density at radius 2 is 1.62 bits per heavy atom. The van der Waals surface area contributed by atoms with Gasteiger partial charge in [-0.25, -0.2) is 0 Å². The van der Waals surface area contributed by atoms with Crippen LogP contribution in [0, 0.1) is 0 Å². The molecule has 0 saturated carbocycles. The van der Waals surface area contributed by atoms with Gasteiger partial charge in [-0.2, -0.15) is 0 Å². The third-order valence-corrected chi connectivity index (χ3v) is 6.37. The number of hydrogen-bond donors (Lipinski definition) is 2. The van der Waals surface area contributed by atoms with Crippen LogP contribution in [0.4, 0.5) is 0 Å². The van der Waals surface area contributed by atoms with Crippen LogP contribution in [0.5, 0.6) is 5.75 Å². The standard InChI is InChI=1S/C28H37N3O6/c1-19-16-31(17-20(2)37-19)14-5-15-36-24-12-10-22(11-13-24)21-6-8-23(9-7-21)28(35)30(4)26(25(33)18-32)27(34)29-3/h6-13,19-20,26,32H,5,14-18H2,1-4H3,(H,29,34). The van der Waals surface area contributed by atoms with E-state index in [4.69, 9.17) is 9.47 Å². The first-order valence-electron chi connectivity index (χ1n) is 12.6. The van der Waals surface area contributed by atoms with Crippen molar-refractivity contribution in [1.29, 1.82) is 0 Å². The van der Waals surface area contributed by atoms with Gasteiger partial charge in [0, 0.05) is 39.3 Å². The molecule has 3 rings (SSSR count). The van der Waals surface area contributed by atoms with Gasteiger partial charge >= 0.3 is 0 Å². The molecule has 1 fully saturated rings. The Hall–Kier alpha value is -3.27. The van der Waals surface area contributed by atoms with Crippen LogP contribution in [0.25, 0.3) is 11.1 Å². The fourth-order valence-electron chi connectivity index (χ4n) is 4.58. The lowest BCUT2D eigenvalue weighted by Crippen LogP contribution is -2.52. The minimum Gasteiger partial charge on any atom is -0.494 e. The first kappa shape index (κ1) is 28.3. The first-order valence-corrected chi connectivity index (χ1v) is 12.6. The van der Waals surface area contributed by atoms with E-state index < -0.39 is 30.2 Å². The van der Waals surface area contributed by atoms with Crippen LogP contribution >= 0.6 is 0 Å². The molecule has 1 heterocycles. The van der Waals surface area contributed by atoms with Crippen LogP contribution in [0.1, 0.15) is 30.6 Å². The van der Waals surface area contributed by atoms with Crippen LogP contribution < -0.4 is 10.1 Å². The summed E-state index contributed by atoms with van der Waals surface area (Å²) in [5.41, 5.74) is 2.21. The van der Waals surface area contributed by atoms with Crippen molar-refractivity contribution in [2.24, 2.45) is 0 Å². The van der Waals surface area contributed by atoms with E-state index in [1.165, 1.54) is 14.1 Å². The van der Waals surface area contributed by atoms with Crippen molar-refractivity contribution in [3.63, 3.8) is 0 Å². The van der Waals surface area contributed by atoms with Crippen LogP contribution in [-0.2, 0) is 14.3 Å². The third-order valence-electron chi connectivity index (χ3n) is 6.37.